The lowest BCUT2D eigenvalue weighted by atomic mass is 10.1. The van der Waals surface area contributed by atoms with Gasteiger partial charge in [-0.2, -0.15) is 4.37 Å². The average molecular weight is 310 g/mol. The van der Waals surface area contributed by atoms with Crippen molar-refractivity contribution < 1.29 is 0 Å². The van der Waals surface area contributed by atoms with Gasteiger partial charge in [0, 0.05) is 29.5 Å². The predicted molar refractivity (Wildman–Crippen MR) is 86.8 cm³/mol. The van der Waals surface area contributed by atoms with Crippen molar-refractivity contribution >= 4 is 28.3 Å². The highest BCUT2D eigenvalue weighted by molar-refractivity contribution is 7.09. The first-order valence-corrected chi connectivity index (χ1v) is 8.24. The second-order valence-corrected chi connectivity index (χ2v) is 5.99. The van der Waals surface area contributed by atoms with Gasteiger partial charge in [0.1, 0.15) is 5.82 Å². The molecule has 108 valence electrons. The monoisotopic (exact) mass is 309 g/mol. The number of benzene rings is 1. The first kappa shape index (κ1) is 15.3. The number of nitrogens with one attached hydrogen (secondary N) is 1. The van der Waals surface area contributed by atoms with Crippen LogP contribution in [0.1, 0.15) is 44.0 Å². The van der Waals surface area contributed by atoms with E-state index in [9.17, 15) is 0 Å². The predicted octanol–water partition coefficient (Wildman–Crippen LogP) is 4.77. The summed E-state index contributed by atoms with van der Waals surface area (Å²) in [6, 6.07) is 7.83. The fourth-order valence-electron chi connectivity index (χ4n) is 1.93. The van der Waals surface area contributed by atoms with Crippen molar-refractivity contribution in [3.05, 3.63) is 40.7 Å². The number of hydrogen-bond acceptors (Lipinski definition) is 4. The highest BCUT2D eigenvalue weighted by atomic mass is 35.5. The van der Waals surface area contributed by atoms with Gasteiger partial charge in [0.15, 0.2) is 0 Å². The molecule has 2 aromatic rings. The van der Waals surface area contributed by atoms with E-state index in [4.69, 9.17) is 11.6 Å². The van der Waals surface area contributed by atoms with Crippen LogP contribution in [0.2, 0.25) is 5.02 Å². The molecule has 1 heterocycles. The Kier molecular flexibility index (Phi) is 6.27. The molecule has 2 rings (SSSR count). The van der Waals surface area contributed by atoms with Crippen molar-refractivity contribution in [3.8, 4) is 0 Å². The minimum Gasteiger partial charge on any atom is -0.360 e. The van der Waals surface area contributed by atoms with E-state index in [0.717, 1.165) is 28.9 Å². The lowest BCUT2D eigenvalue weighted by molar-refractivity contribution is 0.685. The minimum absolute atomic E-state index is 0.755. The maximum atomic E-state index is 5.87. The van der Waals surface area contributed by atoms with E-state index < -0.39 is 0 Å². The van der Waals surface area contributed by atoms with E-state index >= 15 is 0 Å². The van der Waals surface area contributed by atoms with Crippen molar-refractivity contribution in [1.82, 2.24) is 9.36 Å². The normalized spacial score (nSPS) is 10.7. The molecule has 0 saturated heterocycles. The van der Waals surface area contributed by atoms with Crippen molar-refractivity contribution in [2.75, 3.05) is 11.9 Å². The third-order valence-corrected chi connectivity index (χ3v) is 4.01. The maximum Gasteiger partial charge on any atom is 0.202 e. The quantitative estimate of drug-likeness (QED) is 0.713. The molecular formula is C15H20ClN3S. The minimum atomic E-state index is 0.755. The van der Waals surface area contributed by atoms with Crippen molar-refractivity contribution in [3.63, 3.8) is 0 Å². The largest absolute Gasteiger partial charge is 0.360 e. The fourth-order valence-corrected chi connectivity index (χ4v) is 2.67. The van der Waals surface area contributed by atoms with Gasteiger partial charge in [-0.1, -0.05) is 49.9 Å². The lowest BCUT2D eigenvalue weighted by Gasteiger charge is -2.00. The highest BCUT2D eigenvalue weighted by Crippen LogP contribution is 2.16. The molecule has 3 nitrogen and oxygen atoms in total. The SMILES string of the molecule is CCCCCCNc1nc(Cc2ccc(Cl)cc2)ns1. The third kappa shape index (κ3) is 5.10. The summed E-state index contributed by atoms with van der Waals surface area (Å²) in [5.74, 6) is 0.869. The Bertz CT molecular complexity index is 510. The lowest BCUT2D eigenvalue weighted by Crippen LogP contribution is -2.01. The van der Waals surface area contributed by atoms with Gasteiger partial charge in [-0.3, -0.25) is 0 Å². The molecule has 0 spiro atoms. The van der Waals surface area contributed by atoms with Gasteiger partial charge in [-0.05, 0) is 24.1 Å². The standard InChI is InChI=1S/C15H20ClN3S/c1-2-3-4-5-10-17-15-18-14(19-20-15)11-12-6-8-13(16)9-7-12/h6-9H,2-5,10-11H2,1H3,(H,17,18,19). The topological polar surface area (TPSA) is 37.8 Å². The number of unbranched alkanes of at least 4 members (excludes halogenated alkanes) is 3. The van der Waals surface area contributed by atoms with Crippen LogP contribution < -0.4 is 5.32 Å². The van der Waals surface area contributed by atoms with Gasteiger partial charge in [0.25, 0.3) is 0 Å². The van der Waals surface area contributed by atoms with E-state index in [-0.39, 0.29) is 0 Å². The van der Waals surface area contributed by atoms with E-state index in [0.29, 0.717) is 0 Å². The van der Waals surface area contributed by atoms with Crippen molar-refractivity contribution in [2.45, 2.75) is 39.0 Å². The fraction of sp³-hybridized carbons (Fsp3) is 0.467. The first-order chi connectivity index (χ1) is 9.78. The zero-order valence-corrected chi connectivity index (χ0v) is 13.3. The zero-order valence-electron chi connectivity index (χ0n) is 11.7. The highest BCUT2D eigenvalue weighted by Gasteiger charge is 2.04. The van der Waals surface area contributed by atoms with Crippen LogP contribution in [0.25, 0.3) is 0 Å². The van der Waals surface area contributed by atoms with E-state index in [1.807, 2.05) is 24.3 Å². The first-order valence-electron chi connectivity index (χ1n) is 7.09. The smallest absolute Gasteiger partial charge is 0.202 e. The molecule has 20 heavy (non-hydrogen) atoms. The molecule has 1 aromatic carbocycles. The molecule has 1 N–H and O–H groups in total. The van der Waals surface area contributed by atoms with Crippen molar-refractivity contribution in [2.24, 2.45) is 0 Å². The van der Waals surface area contributed by atoms with E-state index in [1.165, 1.54) is 42.8 Å². The Morgan fingerprint density at radius 3 is 2.70 bits per heavy atom. The number of halogens is 1. The Labute approximate surface area is 129 Å². The van der Waals surface area contributed by atoms with E-state index in [2.05, 4.69) is 21.6 Å². The van der Waals surface area contributed by atoms with Crippen LogP contribution in [0.15, 0.2) is 24.3 Å². The summed E-state index contributed by atoms with van der Waals surface area (Å²) in [6.07, 6.45) is 5.80. The summed E-state index contributed by atoms with van der Waals surface area (Å²) >= 11 is 7.31. The van der Waals surface area contributed by atoms with Crippen LogP contribution in [0.5, 0.6) is 0 Å². The summed E-state index contributed by atoms with van der Waals surface area (Å²) in [7, 11) is 0. The molecule has 0 atom stereocenters. The molecule has 0 fully saturated rings. The molecule has 0 aliphatic rings. The second-order valence-electron chi connectivity index (χ2n) is 4.81. The summed E-state index contributed by atoms with van der Waals surface area (Å²) in [5, 5.41) is 5.02. The van der Waals surface area contributed by atoms with Crippen LogP contribution in [-0.2, 0) is 6.42 Å². The zero-order chi connectivity index (χ0) is 14.2. The van der Waals surface area contributed by atoms with Crippen LogP contribution in [0, 0.1) is 0 Å². The molecule has 0 radical (unpaired) electrons. The Morgan fingerprint density at radius 1 is 1.15 bits per heavy atom. The van der Waals surface area contributed by atoms with Gasteiger partial charge >= 0.3 is 0 Å². The van der Waals surface area contributed by atoms with Crippen LogP contribution in [0.4, 0.5) is 5.13 Å². The number of rotatable bonds is 8. The summed E-state index contributed by atoms with van der Waals surface area (Å²) in [6.45, 7) is 3.21. The van der Waals surface area contributed by atoms with Crippen LogP contribution >= 0.6 is 23.1 Å². The van der Waals surface area contributed by atoms with Gasteiger partial charge in [0.2, 0.25) is 5.13 Å². The van der Waals surface area contributed by atoms with Crippen LogP contribution in [0.3, 0.4) is 0 Å². The van der Waals surface area contributed by atoms with Gasteiger partial charge in [-0.25, -0.2) is 4.98 Å². The average Bonchev–Trinajstić information content (AvgIpc) is 2.89. The third-order valence-electron chi connectivity index (χ3n) is 3.05. The molecule has 0 saturated carbocycles. The van der Waals surface area contributed by atoms with Gasteiger partial charge < -0.3 is 5.32 Å². The Morgan fingerprint density at radius 2 is 1.95 bits per heavy atom. The number of anilines is 1. The molecule has 0 amide bonds. The van der Waals surface area contributed by atoms with E-state index in [1.54, 1.807) is 0 Å². The second kappa shape index (κ2) is 8.22. The molecule has 0 aliphatic carbocycles. The number of aromatic nitrogens is 2. The Hall–Kier alpha value is -1.13. The maximum absolute atomic E-state index is 5.87. The number of hydrogen-bond donors (Lipinski definition) is 1. The van der Waals surface area contributed by atoms with Gasteiger partial charge in [-0.15, -0.1) is 0 Å². The molecular weight excluding hydrogens is 290 g/mol. The van der Waals surface area contributed by atoms with Crippen molar-refractivity contribution in [1.29, 1.82) is 0 Å². The molecule has 5 heteroatoms. The molecule has 1 aromatic heterocycles. The summed E-state index contributed by atoms with van der Waals surface area (Å²) in [4.78, 5) is 4.51. The summed E-state index contributed by atoms with van der Waals surface area (Å²) < 4.78 is 4.38. The van der Waals surface area contributed by atoms with Gasteiger partial charge in [0.05, 0.1) is 0 Å². The molecule has 0 aliphatic heterocycles. The molecule has 0 bridgehead atoms. The molecule has 0 unspecified atom stereocenters. The Balaban J connectivity index is 1.78. The number of nitrogens with zero attached hydrogens (tertiary/aromatic N) is 2. The summed E-state index contributed by atoms with van der Waals surface area (Å²) in [5.41, 5.74) is 1.18. The van der Waals surface area contributed by atoms with Crippen LogP contribution in [-0.4, -0.2) is 15.9 Å².